The van der Waals surface area contributed by atoms with Gasteiger partial charge in [0.2, 0.25) is 0 Å². The van der Waals surface area contributed by atoms with Gasteiger partial charge in [-0.05, 0) is 24.3 Å². The van der Waals surface area contributed by atoms with Gasteiger partial charge < -0.3 is 19.5 Å². The van der Waals surface area contributed by atoms with Gasteiger partial charge in [-0.2, -0.15) is 0 Å². The Morgan fingerprint density at radius 3 is 2.44 bits per heavy atom. The van der Waals surface area contributed by atoms with Crippen LogP contribution >= 0.6 is 11.6 Å². The molecule has 142 valence electrons. The van der Waals surface area contributed by atoms with Crippen LogP contribution in [0, 0.1) is 10.1 Å². The van der Waals surface area contributed by atoms with Crippen molar-refractivity contribution in [3.63, 3.8) is 0 Å². The molecule has 0 aliphatic heterocycles. The van der Waals surface area contributed by atoms with Gasteiger partial charge in [-0.25, -0.2) is 4.79 Å². The highest BCUT2D eigenvalue weighted by Gasteiger charge is 2.16. The Balaban J connectivity index is 2.00. The summed E-state index contributed by atoms with van der Waals surface area (Å²) in [5.41, 5.74) is -0.0381. The van der Waals surface area contributed by atoms with Gasteiger partial charge in [-0.15, -0.1) is 0 Å². The zero-order chi connectivity index (χ0) is 20.0. The Labute approximate surface area is 158 Å². The van der Waals surface area contributed by atoms with Gasteiger partial charge in [0.05, 0.1) is 35.4 Å². The largest absolute Gasteiger partial charge is 0.493 e. The number of amides is 1. The van der Waals surface area contributed by atoms with E-state index < -0.39 is 23.4 Å². The van der Waals surface area contributed by atoms with Crippen molar-refractivity contribution in [3.05, 3.63) is 57.1 Å². The van der Waals surface area contributed by atoms with E-state index in [-0.39, 0.29) is 22.0 Å². The highest BCUT2D eigenvalue weighted by Crippen LogP contribution is 2.28. The summed E-state index contributed by atoms with van der Waals surface area (Å²) in [5.74, 6) is -0.686. The summed E-state index contributed by atoms with van der Waals surface area (Å²) in [7, 11) is 2.88. The lowest BCUT2D eigenvalue weighted by atomic mass is 10.2. The number of carbonyl (C=O) groups excluding carboxylic acids is 2. The molecule has 0 spiro atoms. The first kappa shape index (κ1) is 20.0. The van der Waals surface area contributed by atoms with Crippen LogP contribution in [0.1, 0.15) is 10.4 Å². The number of halogens is 1. The molecule has 0 atom stereocenters. The number of ether oxygens (including phenoxy) is 3. The molecule has 9 nitrogen and oxygen atoms in total. The number of hydrogen-bond donors (Lipinski definition) is 1. The molecule has 0 unspecified atom stereocenters. The van der Waals surface area contributed by atoms with Crippen LogP contribution in [-0.4, -0.2) is 37.6 Å². The summed E-state index contributed by atoms with van der Waals surface area (Å²) in [5, 5.41) is 13.2. The topological polar surface area (TPSA) is 117 Å². The lowest BCUT2D eigenvalue weighted by Crippen LogP contribution is -2.21. The van der Waals surface area contributed by atoms with Gasteiger partial charge in [0.25, 0.3) is 11.6 Å². The van der Waals surface area contributed by atoms with Crippen LogP contribution in [0.4, 0.5) is 11.4 Å². The predicted molar refractivity (Wildman–Crippen MR) is 96.6 cm³/mol. The minimum Gasteiger partial charge on any atom is -0.493 e. The minimum absolute atomic E-state index is 0.0398. The normalized spacial score (nSPS) is 10.0. The summed E-state index contributed by atoms with van der Waals surface area (Å²) in [6.45, 7) is -0.605. The molecule has 0 saturated heterocycles. The summed E-state index contributed by atoms with van der Waals surface area (Å²) >= 11 is 5.89. The second-order valence-electron chi connectivity index (χ2n) is 5.12. The smallest absolute Gasteiger partial charge is 0.338 e. The number of non-ortho nitro benzene ring substituents is 1. The van der Waals surface area contributed by atoms with Crippen molar-refractivity contribution in [2.24, 2.45) is 0 Å². The zero-order valence-corrected chi connectivity index (χ0v) is 15.1. The molecular formula is C17H15ClN2O7. The van der Waals surface area contributed by atoms with E-state index in [2.05, 4.69) is 5.32 Å². The lowest BCUT2D eigenvalue weighted by Gasteiger charge is -2.10. The number of nitrogens with zero attached hydrogens (tertiary/aromatic N) is 1. The molecule has 10 heteroatoms. The number of nitro benzene ring substituents is 1. The molecule has 1 amide bonds. The summed E-state index contributed by atoms with van der Waals surface area (Å²) < 4.78 is 15.1. The Morgan fingerprint density at radius 1 is 1.11 bits per heavy atom. The molecule has 0 bridgehead atoms. The number of nitro groups is 1. The Kier molecular flexibility index (Phi) is 6.56. The van der Waals surface area contributed by atoms with Crippen LogP contribution in [0.5, 0.6) is 11.5 Å². The third-order valence-electron chi connectivity index (χ3n) is 3.39. The highest BCUT2D eigenvalue weighted by molar-refractivity contribution is 6.33. The average molecular weight is 395 g/mol. The molecule has 0 heterocycles. The first-order valence-electron chi connectivity index (χ1n) is 7.48. The third kappa shape index (κ3) is 5.08. The molecule has 1 N–H and O–H groups in total. The van der Waals surface area contributed by atoms with Crippen LogP contribution in [0.15, 0.2) is 36.4 Å². The van der Waals surface area contributed by atoms with Crippen molar-refractivity contribution >= 4 is 34.9 Å². The number of nitrogens with one attached hydrogen (secondary N) is 1. The van der Waals surface area contributed by atoms with Crippen molar-refractivity contribution in [1.29, 1.82) is 0 Å². The molecule has 2 aromatic rings. The van der Waals surface area contributed by atoms with Crippen LogP contribution in [-0.2, 0) is 9.53 Å². The number of esters is 1. The Bertz CT molecular complexity index is 886. The van der Waals surface area contributed by atoms with Gasteiger partial charge in [-0.3, -0.25) is 14.9 Å². The van der Waals surface area contributed by atoms with Crippen molar-refractivity contribution in [1.82, 2.24) is 0 Å². The molecule has 0 fully saturated rings. The van der Waals surface area contributed by atoms with Gasteiger partial charge >= 0.3 is 5.97 Å². The first-order chi connectivity index (χ1) is 12.8. The van der Waals surface area contributed by atoms with Crippen LogP contribution < -0.4 is 14.8 Å². The Hall–Kier alpha value is -3.33. The van der Waals surface area contributed by atoms with E-state index in [4.69, 9.17) is 25.8 Å². The Morgan fingerprint density at radius 2 is 1.81 bits per heavy atom. The first-order valence-corrected chi connectivity index (χ1v) is 7.86. The van der Waals surface area contributed by atoms with E-state index >= 15 is 0 Å². The van der Waals surface area contributed by atoms with Gasteiger partial charge in [0.15, 0.2) is 18.1 Å². The fourth-order valence-corrected chi connectivity index (χ4v) is 2.25. The molecular weight excluding hydrogens is 380 g/mol. The van der Waals surface area contributed by atoms with Crippen molar-refractivity contribution < 1.29 is 28.7 Å². The molecule has 0 aliphatic carbocycles. The van der Waals surface area contributed by atoms with E-state index in [1.165, 1.54) is 44.6 Å². The third-order valence-corrected chi connectivity index (χ3v) is 3.72. The minimum atomic E-state index is -0.753. The second kappa shape index (κ2) is 8.86. The molecule has 27 heavy (non-hydrogen) atoms. The van der Waals surface area contributed by atoms with E-state index in [9.17, 15) is 19.7 Å². The van der Waals surface area contributed by atoms with Crippen molar-refractivity contribution in [2.45, 2.75) is 0 Å². The maximum atomic E-state index is 12.1. The monoisotopic (exact) mass is 394 g/mol. The fourth-order valence-electron chi connectivity index (χ4n) is 2.09. The van der Waals surface area contributed by atoms with E-state index in [0.29, 0.717) is 11.5 Å². The maximum Gasteiger partial charge on any atom is 0.338 e. The molecule has 2 aromatic carbocycles. The number of rotatable bonds is 7. The summed E-state index contributed by atoms with van der Waals surface area (Å²) in [6.07, 6.45) is 0. The second-order valence-corrected chi connectivity index (χ2v) is 5.52. The zero-order valence-electron chi connectivity index (χ0n) is 14.4. The van der Waals surface area contributed by atoms with E-state index in [1.54, 1.807) is 0 Å². The van der Waals surface area contributed by atoms with E-state index in [1.807, 2.05) is 0 Å². The van der Waals surface area contributed by atoms with Gasteiger partial charge in [0, 0.05) is 12.1 Å². The van der Waals surface area contributed by atoms with Crippen LogP contribution in [0.25, 0.3) is 0 Å². The van der Waals surface area contributed by atoms with E-state index in [0.717, 1.165) is 6.07 Å². The number of carbonyl (C=O) groups is 2. The number of methoxy groups -OCH3 is 2. The molecule has 2 rings (SSSR count). The van der Waals surface area contributed by atoms with Crippen molar-refractivity contribution in [3.8, 4) is 11.5 Å². The predicted octanol–water partition coefficient (Wildman–Crippen LogP) is 3.06. The van der Waals surface area contributed by atoms with Gasteiger partial charge in [0.1, 0.15) is 0 Å². The van der Waals surface area contributed by atoms with Crippen LogP contribution in [0.3, 0.4) is 0 Å². The SMILES string of the molecule is COc1ccc(C(=O)OCC(=O)Nc2cc([N+](=O)[O-])ccc2Cl)cc1OC. The molecule has 0 saturated carbocycles. The van der Waals surface area contributed by atoms with Crippen molar-refractivity contribution in [2.75, 3.05) is 26.1 Å². The van der Waals surface area contributed by atoms with Crippen LogP contribution in [0.2, 0.25) is 5.02 Å². The summed E-state index contributed by atoms with van der Waals surface area (Å²) in [6, 6.07) is 7.99. The quantitative estimate of drug-likeness (QED) is 0.435. The maximum absolute atomic E-state index is 12.1. The number of hydrogen-bond acceptors (Lipinski definition) is 7. The molecule has 0 aromatic heterocycles. The number of benzene rings is 2. The standard InChI is InChI=1S/C17H15ClN2O7/c1-25-14-6-3-10(7-15(14)26-2)17(22)27-9-16(21)19-13-8-11(20(23)24)4-5-12(13)18/h3-8H,9H2,1-2H3,(H,19,21). The summed E-state index contributed by atoms with van der Waals surface area (Å²) in [4.78, 5) is 34.2. The number of anilines is 1. The lowest BCUT2D eigenvalue weighted by molar-refractivity contribution is -0.384. The fraction of sp³-hybridized carbons (Fsp3) is 0.176. The average Bonchev–Trinajstić information content (AvgIpc) is 2.66. The molecule has 0 radical (unpaired) electrons. The van der Waals surface area contributed by atoms with Gasteiger partial charge in [-0.1, -0.05) is 11.6 Å². The highest BCUT2D eigenvalue weighted by atomic mass is 35.5. The molecule has 0 aliphatic rings.